The lowest BCUT2D eigenvalue weighted by Gasteiger charge is -2.19. The Balaban J connectivity index is 1.91. The lowest BCUT2D eigenvalue weighted by molar-refractivity contribution is -0.303. The molecule has 5 nitrogen and oxygen atoms in total. The molecule has 0 bridgehead atoms. The fraction of sp³-hybridized carbons (Fsp3) is 0.333. The highest BCUT2D eigenvalue weighted by Crippen LogP contribution is 2.31. The minimum atomic E-state index is -4.69. The van der Waals surface area contributed by atoms with Crippen LogP contribution in [0.2, 0.25) is 0 Å². The topological polar surface area (TPSA) is 48.5 Å². The van der Waals surface area contributed by atoms with E-state index in [1.165, 1.54) is 21.2 Å². The molecule has 2 aromatic rings. The van der Waals surface area contributed by atoms with Crippen molar-refractivity contribution in [2.24, 2.45) is 7.05 Å². The van der Waals surface area contributed by atoms with Crippen molar-refractivity contribution in [3.63, 3.8) is 0 Å². The summed E-state index contributed by atoms with van der Waals surface area (Å²) in [4.78, 5) is 12.1. The van der Waals surface area contributed by atoms with Gasteiger partial charge < -0.3 is 4.74 Å². The van der Waals surface area contributed by atoms with E-state index in [9.17, 15) is 18.0 Å². The van der Waals surface area contributed by atoms with E-state index in [4.69, 9.17) is 0 Å². The average molecular weight is 325 g/mol. The summed E-state index contributed by atoms with van der Waals surface area (Å²) in [7, 11) is 1.57. The highest BCUT2D eigenvalue weighted by Gasteiger charge is 2.32. The molecule has 1 aliphatic carbocycles. The van der Waals surface area contributed by atoms with Gasteiger partial charge in [0.15, 0.2) is 5.65 Å². The number of alkyl halides is 3. The van der Waals surface area contributed by atoms with Crippen LogP contribution in [-0.2, 0) is 11.8 Å². The molecule has 0 amide bonds. The van der Waals surface area contributed by atoms with Crippen LogP contribution in [0.15, 0.2) is 40.9 Å². The molecule has 1 unspecified atom stereocenters. The van der Waals surface area contributed by atoms with Crippen LogP contribution in [0.4, 0.5) is 13.2 Å². The van der Waals surface area contributed by atoms with Gasteiger partial charge in [-0.25, -0.2) is 13.9 Å². The zero-order chi connectivity index (χ0) is 16.8. The van der Waals surface area contributed by atoms with E-state index < -0.39 is 6.36 Å². The molecule has 122 valence electrons. The average Bonchev–Trinajstić information content (AvgIpc) is 2.75. The van der Waals surface area contributed by atoms with Crippen LogP contribution >= 0.6 is 0 Å². The molecule has 23 heavy (non-hydrogen) atoms. The fourth-order valence-electron chi connectivity index (χ4n) is 2.75. The minimum absolute atomic E-state index is 0.118. The van der Waals surface area contributed by atoms with Gasteiger partial charge >= 0.3 is 12.1 Å². The number of aromatic nitrogens is 3. The molecule has 0 radical (unpaired) electrons. The first-order valence-corrected chi connectivity index (χ1v) is 6.95. The second kappa shape index (κ2) is 5.29. The van der Waals surface area contributed by atoms with Gasteiger partial charge in [0.2, 0.25) is 0 Å². The number of pyridine rings is 1. The molecule has 8 heteroatoms. The van der Waals surface area contributed by atoms with Crippen molar-refractivity contribution >= 4 is 5.65 Å². The van der Waals surface area contributed by atoms with Gasteiger partial charge in [0, 0.05) is 18.7 Å². The molecule has 1 atom stereocenters. The summed E-state index contributed by atoms with van der Waals surface area (Å²) in [5, 5.41) is 4.10. The molecule has 0 aromatic carbocycles. The van der Waals surface area contributed by atoms with Gasteiger partial charge in [-0.15, -0.1) is 13.2 Å². The molecule has 0 N–H and O–H groups in total. The first-order valence-electron chi connectivity index (χ1n) is 6.95. The monoisotopic (exact) mass is 325 g/mol. The van der Waals surface area contributed by atoms with Crippen molar-refractivity contribution < 1.29 is 17.9 Å². The van der Waals surface area contributed by atoms with Crippen molar-refractivity contribution in [3.8, 4) is 0 Å². The zero-order valence-electron chi connectivity index (χ0n) is 12.5. The highest BCUT2D eigenvalue weighted by atomic mass is 19.4. The van der Waals surface area contributed by atoms with Gasteiger partial charge in [0.1, 0.15) is 5.76 Å². The Morgan fingerprint density at radius 1 is 1.35 bits per heavy atom. The van der Waals surface area contributed by atoms with Crippen molar-refractivity contribution in [2.75, 3.05) is 0 Å². The molecule has 1 aliphatic rings. The van der Waals surface area contributed by atoms with Crippen molar-refractivity contribution in [2.45, 2.75) is 25.6 Å². The molecule has 2 aromatic heterocycles. The Hall–Kier alpha value is -2.51. The molecule has 0 fully saturated rings. The normalized spacial score (nSPS) is 18.3. The maximum Gasteiger partial charge on any atom is 0.573 e. The van der Waals surface area contributed by atoms with Crippen molar-refractivity contribution in [1.82, 2.24) is 14.2 Å². The highest BCUT2D eigenvalue weighted by molar-refractivity contribution is 5.44. The summed E-state index contributed by atoms with van der Waals surface area (Å²) in [6, 6.07) is 3.57. The first-order chi connectivity index (χ1) is 10.8. The third-order valence-electron chi connectivity index (χ3n) is 3.81. The molecule has 2 heterocycles. The number of rotatable bonds is 2. The zero-order valence-corrected chi connectivity index (χ0v) is 12.5. The number of aryl methyl sites for hydroxylation is 2. The number of hydrogen-bond acceptors (Lipinski definition) is 3. The number of allylic oxidation sites excluding steroid dienone is 3. The Kier molecular flexibility index (Phi) is 3.54. The van der Waals surface area contributed by atoms with Gasteiger partial charge in [-0.05, 0) is 37.1 Å². The van der Waals surface area contributed by atoms with E-state index in [1.54, 1.807) is 26.1 Å². The summed E-state index contributed by atoms with van der Waals surface area (Å²) in [6.45, 7) is 1.80. The minimum Gasteiger partial charge on any atom is -0.406 e. The number of fused-ring (bicyclic) bond motifs is 1. The molecule has 3 rings (SSSR count). The maximum atomic E-state index is 12.2. The van der Waals surface area contributed by atoms with Crippen LogP contribution in [0.5, 0.6) is 0 Å². The molecule has 0 saturated heterocycles. The summed E-state index contributed by atoms with van der Waals surface area (Å²) in [6.07, 6.45) is 0.0197. The molecular weight excluding hydrogens is 311 g/mol. The standard InChI is InChI=1S/C15H14F3N3O2/c1-9-12(7-8-13-19-20(2)14(22)21(9)13)10-3-5-11(6-4-10)23-15(16,17)18/h3,5-8,10H,4H2,1-2H3. The second-order valence-corrected chi connectivity index (χ2v) is 5.33. The summed E-state index contributed by atoms with van der Waals surface area (Å²) >= 11 is 0. The molecular formula is C15H14F3N3O2. The van der Waals surface area contributed by atoms with Crippen LogP contribution in [0, 0.1) is 6.92 Å². The largest absolute Gasteiger partial charge is 0.573 e. The Morgan fingerprint density at radius 3 is 2.70 bits per heavy atom. The smallest absolute Gasteiger partial charge is 0.406 e. The second-order valence-electron chi connectivity index (χ2n) is 5.33. The van der Waals surface area contributed by atoms with Gasteiger partial charge in [-0.2, -0.15) is 5.10 Å². The third-order valence-corrected chi connectivity index (χ3v) is 3.81. The number of halogens is 3. The van der Waals surface area contributed by atoms with E-state index in [0.29, 0.717) is 12.1 Å². The lowest BCUT2D eigenvalue weighted by Crippen LogP contribution is -2.20. The fourth-order valence-corrected chi connectivity index (χ4v) is 2.75. The quantitative estimate of drug-likeness (QED) is 0.853. The summed E-state index contributed by atoms with van der Waals surface area (Å²) in [5.74, 6) is -0.335. The van der Waals surface area contributed by atoms with Crippen molar-refractivity contribution in [1.29, 1.82) is 0 Å². The Morgan fingerprint density at radius 2 is 2.09 bits per heavy atom. The summed E-state index contributed by atoms with van der Waals surface area (Å²) < 4.78 is 43.2. The van der Waals surface area contributed by atoms with Crippen LogP contribution < -0.4 is 5.69 Å². The van der Waals surface area contributed by atoms with Gasteiger partial charge in [-0.1, -0.05) is 12.1 Å². The number of nitrogens with zero attached hydrogens (tertiary/aromatic N) is 3. The van der Waals surface area contributed by atoms with Gasteiger partial charge in [-0.3, -0.25) is 0 Å². The van der Waals surface area contributed by atoms with Crippen LogP contribution in [0.25, 0.3) is 5.65 Å². The molecule has 0 saturated carbocycles. The Labute approximate surface area is 129 Å². The van der Waals surface area contributed by atoms with Crippen LogP contribution in [0.3, 0.4) is 0 Å². The predicted molar refractivity (Wildman–Crippen MR) is 76.9 cm³/mol. The van der Waals surface area contributed by atoms with Crippen LogP contribution in [-0.4, -0.2) is 20.5 Å². The predicted octanol–water partition coefficient (Wildman–Crippen LogP) is 2.81. The Bertz CT molecular complexity index is 874. The van der Waals surface area contributed by atoms with Crippen LogP contribution in [0.1, 0.15) is 23.6 Å². The first kappa shape index (κ1) is 15.4. The van der Waals surface area contributed by atoms with E-state index in [1.807, 2.05) is 6.07 Å². The van der Waals surface area contributed by atoms with Gasteiger partial charge in [0.05, 0.1) is 0 Å². The maximum absolute atomic E-state index is 12.2. The number of hydrogen-bond donors (Lipinski definition) is 0. The third kappa shape index (κ3) is 2.88. The van der Waals surface area contributed by atoms with E-state index in [0.717, 1.165) is 11.3 Å². The van der Waals surface area contributed by atoms with Crippen molar-refractivity contribution in [3.05, 3.63) is 57.9 Å². The SMILES string of the molecule is Cc1c(C2C=CC(OC(F)(F)F)=CC2)ccc2nn(C)c(=O)n12. The van der Waals surface area contributed by atoms with E-state index in [-0.39, 0.29) is 17.4 Å². The molecule has 0 aliphatic heterocycles. The number of ether oxygens (including phenoxy) is 1. The summed E-state index contributed by atoms with van der Waals surface area (Å²) in [5.41, 5.74) is 1.88. The van der Waals surface area contributed by atoms with E-state index in [2.05, 4.69) is 9.84 Å². The molecule has 0 spiro atoms. The lowest BCUT2D eigenvalue weighted by atomic mass is 9.91. The van der Waals surface area contributed by atoms with Gasteiger partial charge in [0.25, 0.3) is 0 Å². The van der Waals surface area contributed by atoms with E-state index >= 15 is 0 Å².